The van der Waals surface area contributed by atoms with Gasteiger partial charge in [-0.1, -0.05) is 110 Å². The first kappa shape index (κ1) is 17.0. The quantitative estimate of drug-likeness (QED) is 0.244. The van der Waals surface area contributed by atoms with Gasteiger partial charge in [-0.15, -0.1) is 5.11 Å². The van der Waals surface area contributed by atoms with E-state index in [0.29, 0.717) is 5.01 Å². The molecule has 0 unspecified atom stereocenters. The lowest BCUT2D eigenvalue weighted by Crippen LogP contribution is -2.39. The normalized spacial score (nSPS) is 14.7. The Labute approximate surface area is 130 Å². The Hall–Kier alpha value is 2.01. The van der Waals surface area contributed by atoms with E-state index in [1.807, 2.05) is 0 Å². The largest absolute Gasteiger partial charge is 0.305 e. The van der Waals surface area contributed by atoms with Crippen LogP contribution in [0.25, 0.3) is 0 Å². The van der Waals surface area contributed by atoms with Gasteiger partial charge in [0, 0.05) is 0 Å². The fraction of sp³-hybridized carbons (Fsp3) is 1.00. The van der Waals surface area contributed by atoms with Gasteiger partial charge >= 0.3 is 3.92 Å². The molecule has 90 valence electrons. The van der Waals surface area contributed by atoms with Crippen molar-refractivity contribution in [2.45, 2.75) is 11.7 Å². The van der Waals surface area contributed by atoms with Crippen molar-refractivity contribution in [3.63, 3.8) is 0 Å². The number of hydrogen-bond donors (Lipinski definition) is 0. The van der Waals surface area contributed by atoms with Gasteiger partial charge in [0.25, 0.3) is 7.83 Å². The van der Waals surface area contributed by atoms with Crippen molar-refractivity contribution in [1.29, 1.82) is 0 Å². The number of nitrogens with zero attached hydrogens (tertiary/aromatic N) is 3. The monoisotopic (exact) mass is 393 g/mol. The highest BCUT2D eigenvalue weighted by molar-refractivity contribution is 6.71. The number of rotatable bonds is 1. The number of halogens is 9. The van der Waals surface area contributed by atoms with E-state index in [0.717, 1.165) is 0 Å². The summed E-state index contributed by atoms with van der Waals surface area (Å²) in [6, 6.07) is 0. The van der Waals surface area contributed by atoms with Gasteiger partial charge in [-0.2, -0.15) is 5.01 Å². The molecule has 0 N–H and O–H groups in total. The zero-order valence-corrected chi connectivity index (χ0v) is 13.0. The van der Waals surface area contributed by atoms with E-state index < -0.39 is 11.7 Å². The second-order valence-electron chi connectivity index (χ2n) is 1.90. The summed E-state index contributed by atoms with van der Waals surface area (Å²) in [5, 5.41) is 6.74. The Morgan fingerprint density at radius 2 is 1.00 bits per heavy atom. The first-order valence-corrected chi connectivity index (χ1v) is 6.17. The van der Waals surface area contributed by atoms with E-state index in [9.17, 15) is 0 Å². The summed E-state index contributed by atoms with van der Waals surface area (Å²) >= 11 is 48.4. The van der Waals surface area contributed by atoms with Gasteiger partial charge in [-0.05, 0) is 0 Å². The van der Waals surface area contributed by atoms with E-state index >= 15 is 0 Å². The van der Waals surface area contributed by atoms with Crippen molar-refractivity contribution in [2.75, 3.05) is 0 Å². The van der Waals surface area contributed by atoms with Gasteiger partial charge in [0.15, 0.2) is 0 Å². The second kappa shape index (κ2) is 5.77. The van der Waals surface area contributed by atoms with E-state index in [1.54, 1.807) is 0 Å². The zero-order valence-electron chi connectivity index (χ0n) is 6.24. The second-order valence-corrected chi connectivity index (χ2v) is 8.57. The highest BCUT2D eigenvalue weighted by Crippen LogP contribution is 2.44. The Balaban J connectivity index is 4.94. The summed E-state index contributed by atoms with van der Waals surface area (Å²) in [6.07, 6.45) is 0. The van der Waals surface area contributed by atoms with Gasteiger partial charge in [-0.25, -0.2) is 0 Å². The first-order valence-electron chi connectivity index (χ1n) is 2.77. The van der Waals surface area contributed by atoms with Gasteiger partial charge in [0.05, 0.1) is 0 Å². The standard InChI is InChI=1S/C3Cl9N3/c4-1(5,6)13-14-15(2(7,8)9)3(10,11)12. The maximum absolute atomic E-state index is 5.43. The molecule has 0 radical (unpaired) electrons. The van der Waals surface area contributed by atoms with E-state index in [1.165, 1.54) is 0 Å². The fourth-order valence-corrected chi connectivity index (χ4v) is 1.79. The topological polar surface area (TPSA) is 28.0 Å². The van der Waals surface area contributed by atoms with Crippen LogP contribution in [0, 0.1) is 0 Å². The molecule has 3 nitrogen and oxygen atoms in total. The number of hydrogen-bond acceptors (Lipinski definition) is 2. The molecule has 15 heavy (non-hydrogen) atoms. The molecule has 0 atom stereocenters. The predicted molar refractivity (Wildman–Crippen MR) is 67.6 cm³/mol. The summed E-state index contributed by atoms with van der Waals surface area (Å²) in [4.78, 5) is 0. The van der Waals surface area contributed by atoms with Crippen molar-refractivity contribution >= 4 is 104 Å². The average Bonchev–Trinajstić information content (AvgIpc) is 1.75. The lowest BCUT2D eigenvalue weighted by molar-refractivity contribution is 0.266. The maximum atomic E-state index is 5.43. The molecule has 0 heterocycles. The van der Waals surface area contributed by atoms with E-state index in [2.05, 4.69) is 10.3 Å². The van der Waals surface area contributed by atoms with Crippen LogP contribution < -0.4 is 0 Å². The summed E-state index contributed by atoms with van der Waals surface area (Å²) < 4.78 is -6.38. The fourth-order valence-electron chi connectivity index (χ4n) is 0.341. The van der Waals surface area contributed by atoms with Crippen LogP contribution in [0.2, 0.25) is 0 Å². The molecule has 0 bridgehead atoms. The lowest BCUT2D eigenvalue weighted by Gasteiger charge is -2.30. The minimum atomic E-state index is -2.16. The van der Waals surface area contributed by atoms with Gasteiger partial charge < -0.3 is 0 Å². The molecule has 0 aliphatic carbocycles. The van der Waals surface area contributed by atoms with Crippen LogP contribution in [-0.2, 0) is 0 Å². The molecule has 0 spiro atoms. The van der Waals surface area contributed by atoms with Crippen LogP contribution in [0.3, 0.4) is 0 Å². The molecule has 0 aliphatic rings. The maximum Gasteiger partial charge on any atom is 0.305 e. The van der Waals surface area contributed by atoms with Crippen molar-refractivity contribution < 1.29 is 0 Å². The zero-order chi connectivity index (χ0) is 12.5. The van der Waals surface area contributed by atoms with Gasteiger partial charge in [0.2, 0.25) is 0 Å². The Morgan fingerprint density at radius 1 is 0.667 bits per heavy atom. The third-order valence-corrected chi connectivity index (χ3v) is 1.92. The van der Waals surface area contributed by atoms with Crippen LogP contribution >= 0.6 is 104 Å². The smallest absolute Gasteiger partial charge is 0.180 e. The number of alkyl halides is 9. The van der Waals surface area contributed by atoms with Crippen molar-refractivity contribution in [3.8, 4) is 0 Å². The Morgan fingerprint density at radius 3 is 1.20 bits per heavy atom. The Bertz CT molecular complexity index is 218. The molecule has 0 aromatic carbocycles. The third kappa shape index (κ3) is 7.85. The molecule has 0 rings (SSSR count). The van der Waals surface area contributed by atoms with E-state index in [4.69, 9.17) is 104 Å². The van der Waals surface area contributed by atoms with Crippen LogP contribution in [0.4, 0.5) is 0 Å². The highest BCUT2D eigenvalue weighted by atomic mass is 35.6. The lowest BCUT2D eigenvalue weighted by atomic mass is 11.1. The molecule has 0 saturated carbocycles. The molecule has 0 amide bonds. The van der Waals surface area contributed by atoms with Crippen molar-refractivity contribution in [1.82, 2.24) is 5.01 Å². The molecule has 0 aromatic heterocycles. The van der Waals surface area contributed by atoms with E-state index in [-0.39, 0.29) is 0 Å². The molecular weight excluding hydrogens is 397 g/mol. The van der Waals surface area contributed by atoms with Crippen LogP contribution in [-0.4, -0.2) is 16.8 Å². The first-order chi connectivity index (χ1) is 6.34. The minimum absolute atomic E-state index is 0.400. The van der Waals surface area contributed by atoms with Crippen LogP contribution in [0.1, 0.15) is 0 Å². The molecule has 0 saturated heterocycles. The minimum Gasteiger partial charge on any atom is -0.180 e. The molecular formula is C3Cl9N3. The van der Waals surface area contributed by atoms with Gasteiger partial charge in [-0.3, -0.25) is 0 Å². The molecule has 0 aromatic rings. The predicted octanol–water partition coefficient (Wildman–Crippen LogP) is 5.64. The van der Waals surface area contributed by atoms with Crippen molar-refractivity contribution in [2.24, 2.45) is 10.3 Å². The summed E-state index contributed by atoms with van der Waals surface area (Å²) in [7, 11) is 0. The van der Waals surface area contributed by atoms with Crippen molar-refractivity contribution in [3.05, 3.63) is 0 Å². The summed E-state index contributed by atoms with van der Waals surface area (Å²) in [6.45, 7) is 0. The summed E-state index contributed by atoms with van der Waals surface area (Å²) in [5.74, 6) is 0. The third-order valence-electron chi connectivity index (χ3n) is 0.728. The highest BCUT2D eigenvalue weighted by Gasteiger charge is 2.43. The average molecular weight is 397 g/mol. The molecule has 0 aliphatic heterocycles. The van der Waals surface area contributed by atoms with Crippen LogP contribution in [0.5, 0.6) is 0 Å². The van der Waals surface area contributed by atoms with Gasteiger partial charge in [0.1, 0.15) is 0 Å². The summed E-state index contributed by atoms with van der Waals surface area (Å²) in [5.41, 5.74) is 0. The molecule has 0 fully saturated rings. The SMILES string of the molecule is ClC(Cl)(Cl)N=NN(C(Cl)(Cl)Cl)C(Cl)(Cl)Cl. The molecule has 12 heteroatoms. The van der Waals surface area contributed by atoms with Crippen LogP contribution in [0.15, 0.2) is 10.3 Å². The Kier molecular flexibility index (Phi) is 6.54.